The summed E-state index contributed by atoms with van der Waals surface area (Å²) >= 11 is 0. The summed E-state index contributed by atoms with van der Waals surface area (Å²) < 4.78 is 0. The van der Waals surface area contributed by atoms with E-state index in [4.69, 9.17) is 0 Å². The highest BCUT2D eigenvalue weighted by atomic mass is 15.1. The highest BCUT2D eigenvalue weighted by Crippen LogP contribution is 2.28. The molecule has 1 nitrogen and oxygen atoms in total. The van der Waals surface area contributed by atoms with Crippen molar-refractivity contribution < 1.29 is 0 Å². The van der Waals surface area contributed by atoms with Gasteiger partial charge in [0.15, 0.2) is 0 Å². The third-order valence-corrected chi connectivity index (χ3v) is 3.21. The minimum absolute atomic E-state index is 0.339. The Morgan fingerprint density at radius 2 is 1.56 bits per heavy atom. The lowest BCUT2D eigenvalue weighted by atomic mass is 10.0. The molecule has 0 bridgehead atoms. The lowest BCUT2D eigenvalue weighted by Gasteiger charge is -2.29. The summed E-state index contributed by atoms with van der Waals surface area (Å²) in [5.41, 5.74) is 2.55. The van der Waals surface area contributed by atoms with E-state index < -0.39 is 0 Å². The van der Waals surface area contributed by atoms with Gasteiger partial charge in [0, 0.05) is 12.7 Å². The monoisotopic (exact) mass is 237 g/mol. The molecule has 0 radical (unpaired) electrons. The third-order valence-electron chi connectivity index (χ3n) is 3.21. The molecule has 0 fully saturated rings. The molecule has 0 aromatic heterocycles. The number of hydrogen-bond donors (Lipinski definition) is 0. The molecule has 2 rings (SSSR count). The van der Waals surface area contributed by atoms with Gasteiger partial charge in [0.2, 0.25) is 0 Å². The smallest absolute Gasteiger partial charge is 0.0573 e. The molecule has 1 atom stereocenters. The van der Waals surface area contributed by atoms with E-state index >= 15 is 0 Å². The second-order valence-electron chi connectivity index (χ2n) is 4.40. The van der Waals surface area contributed by atoms with Crippen molar-refractivity contribution in [1.29, 1.82) is 0 Å². The molecule has 1 heteroatoms. The van der Waals surface area contributed by atoms with Crippen LogP contribution in [0.3, 0.4) is 0 Å². The minimum Gasteiger partial charge on any atom is -0.367 e. The van der Waals surface area contributed by atoms with E-state index in [2.05, 4.69) is 73.1 Å². The summed E-state index contributed by atoms with van der Waals surface area (Å²) in [5.74, 6) is 0. The molecular formula is C17H19N. The lowest BCUT2D eigenvalue weighted by Crippen LogP contribution is -2.23. The summed E-state index contributed by atoms with van der Waals surface area (Å²) in [4.78, 5) is 2.30. The van der Waals surface area contributed by atoms with Crippen LogP contribution in [0, 0.1) is 0 Å². The van der Waals surface area contributed by atoms with Crippen LogP contribution in [0.5, 0.6) is 0 Å². The number of benzene rings is 2. The van der Waals surface area contributed by atoms with E-state index in [0.717, 1.165) is 6.42 Å². The molecule has 0 N–H and O–H groups in total. The lowest BCUT2D eigenvalue weighted by molar-refractivity contribution is 0.682. The normalized spacial score (nSPS) is 11.8. The van der Waals surface area contributed by atoms with Crippen molar-refractivity contribution in [2.24, 2.45) is 0 Å². The summed E-state index contributed by atoms with van der Waals surface area (Å²) in [6.45, 7) is 3.88. The van der Waals surface area contributed by atoms with Crippen LogP contribution in [0.4, 0.5) is 5.69 Å². The van der Waals surface area contributed by atoms with Gasteiger partial charge in [-0.05, 0) is 24.1 Å². The summed E-state index contributed by atoms with van der Waals surface area (Å²) in [6.07, 6.45) is 2.92. The average molecular weight is 237 g/mol. The van der Waals surface area contributed by atoms with E-state index in [0.29, 0.717) is 6.04 Å². The van der Waals surface area contributed by atoms with Crippen LogP contribution in [-0.2, 0) is 0 Å². The second-order valence-corrected chi connectivity index (χ2v) is 4.40. The molecule has 0 aliphatic rings. The molecular weight excluding hydrogens is 218 g/mol. The highest BCUT2D eigenvalue weighted by Gasteiger charge is 2.15. The Kier molecular flexibility index (Phi) is 4.19. The van der Waals surface area contributed by atoms with E-state index in [1.165, 1.54) is 11.3 Å². The van der Waals surface area contributed by atoms with Gasteiger partial charge in [0.1, 0.15) is 0 Å². The van der Waals surface area contributed by atoms with E-state index in [1.54, 1.807) is 0 Å². The van der Waals surface area contributed by atoms with Gasteiger partial charge in [0.25, 0.3) is 0 Å². The molecule has 0 unspecified atom stereocenters. The molecule has 0 saturated carbocycles. The molecule has 18 heavy (non-hydrogen) atoms. The maximum absolute atomic E-state index is 3.88. The van der Waals surface area contributed by atoms with Crippen LogP contribution in [0.1, 0.15) is 18.0 Å². The minimum atomic E-state index is 0.339. The first kappa shape index (κ1) is 12.4. The van der Waals surface area contributed by atoms with Gasteiger partial charge in [-0.3, -0.25) is 0 Å². The molecule has 0 aliphatic carbocycles. The van der Waals surface area contributed by atoms with Gasteiger partial charge in [-0.15, -0.1) is 6.58 Å². The first-order valence-electron chi connectivity index (χ1n) is 6.26. The van der Waals surface area contributed by atoms with Gasteiger partial charge in [-0.2, -0.15) is 0 Å². The summed E-state index contributed by atoms with van der Waals surface area (Å²) in [6, 6.07) is 21.4. The Hall–Kier alpha value is -2.02. The van der Waals surface area contributed by atoms with Crippen molar-refractivity contribution in [2.45, 2.75) is 12.5 Å². The molecule has 92 valence electrons. The van der Waals surface area contributed by atoms with Crippen LogP contribution in [0.2, 0.25) is 0 Å². The predicted octanol–water partition coefficient (Wildman–Crippen LogP) is 4.44. The maximum atomic E-state index is 3.88. The summed E-state index contributed by atoms with van der Waals surface area (Å²) in [5, 5.41) is 0. The molecule has 2 aromatic rings. The van der Waals surface area contributed by atoms with Crippen LogP contribution in [-0.4, -0.2) is 7.05 Å². The first-order valence-corrected chi connectivity index (χ1v) is 6.26. The van der Waals surface area contributed by atoms with E-state index in [-0.39, 0.29) is 0 Å². The zero-order valence-corrected chi connectivity index (χ0v) is 10.8. The molecule has 0 heterocycles. The maximum Gasteiger partial charge on any atom is 0.0573 e. The van der Waals surface area contributed by atoms with Crippen LogP contribution >= 0.6 is 0 Å². The standard InChI is InChI=1S/C17H19N/c1-3-10-17(15-11-6-4-7-12-15)18(2)16-13-8-5-9-14-16/h3-9,11-14,17H,1,10H2,2H3/t17-/m1/s1. The molecule has 2 aromatic carbocycles. The molecule has 0 amide bonds. The molecule has 0 spiro atoms. The number of nitrogens with zero attached hydrogens (tertiary/aromatic N) is 1. The van der Waals surface area contributed by atoms with Crippen molar-refractivity contribution in [3.05, 3.63) is 78.9 Å². The fourth-order valence-electron chi connectivity index (χ4n) is 2.19. The van der Waals surface area contributed by atoms with Crippen molar-refractivity contribution in [3.63, 3.8) is 0 Å². The Morgan fingerprint density at radius 1 is 1.00 bits per heavy atom. The fourth-order valence-corrected chi connectivity index (χ4v) is 2.19. The van der Waals surface area contributed by atoms with Crippen molar-refractivity contribution >= 4 is 5.69 Å². The van der Waals surface area contributed by atoms with Crippen molar-refractivity contribution in [3.8, 4) is 0 Å². The van der Waals surface area contributed by atoms with Crippen LogP contribution < -0.4 is 4.90 Å². The zero-order chi connectivity index (χ0) is 12.8. The fraction of sp³-hybridized carbons (Fsp3) is 0.176. The Labute approximate surface area is 109 Å². The van der Waals surface area contributed by atoms with Crippen molar-refractivity contribution in [2.75, 3.05) is 11.9 Å². The van der Waals surface area contributed by atoms with E-state index in [9.17, 15) is 0 Å². The molecule has 0 aliphatic heterocycles. The Bertz CT molecular complexity index is 475. The van der Waals surface area contributed by atoms with Gasteiger partial charge in [0.05, 0.1) is 6.04 Å². The third kappa shape index (κ3) is 2.80. The number of anilines is 1. The number of para-hydroxylation sites is 1. The highest BCUT2D eigenvalue weighted by molar-refractivity contribution is 5.48. The molecule has 0 saturated heterocycles. The number of hydrogen-bond acceptors (Lipinski definition) is 1. The Balaban J connectivity index is 2.28. The predicted molar refractivity (Wildman–Crippen MR) is 78.8 cm³/mol. The van der Waals surface area contributed by atoms with Crippen LogP contribution in [0.25, 0.3) is 0 Å². The first-order chi connectivity index (χ1) is 8.83. The van der Waals surface area contributed by atoms with Crippen molar-refractivity contribution in [1.82, 2.24) is 0 Å². The average Bonchev–Trinajstić information content (AvgIpc) is 2.46. The van der Waals surface area contributed by atoms with Crippen LogP contribution in [0.15, 0.2) is 73.3 Å². The quantitative estimate of drug-likeness (QED) is 0.695. The second kappa shape index (κ2) is 6.06. The topological polar surface area (TPSA) is 3.24 Å². The van der Waals surface area contributed by atoms with Gasteiger partial charge >= 0.3 is 0 Å². The van der Waals surface area contributed by atoms with Gasteiger partial charge in [-0.1, -0.05) is 54.6 Å². The number of rotatable bonds is 5. The van der Waals surface area contributed by atoms with Gasteiger partial charge in [-0.25, -0.2) is 0 Å². The largest absolute Gasteiger partial charge is 0.367 e. The Morgan fingerprint density at radius 3 is 2.11 bits per heavy atom. The van der Waals surface area contributed by atoms with Gasteiger partial charge < -0.3 is 4.90 Å². The summed E-state index contributed by atoms with van der Waals surface area (Å²) in [7, 11) is 2.14. The SMILES string of the molecule is C=CC[C@H](c1ccccc1)N(C)c1ccccc1. The zero-order valence-electron chi connectivity index (χ0n) is 10.8. The van der Waals surface area contributed by atoms with E-state index in [1.807, 2.05) is 12.1 Å².